The van der Waals surface area contributed by atoms with Gasteiger partial charge in [0, 0.05) is 69.5 Å². The van der Waals surface area contributed by atoms with Gasteiger partial charge in [0.25, 0.3) is 0 Å². The van der Waals surface area contributed by atoms with Crippen molar-refractivity contribution < 1.29 is 48.3 Å². The van der Waals surface area contributed by atoms with Gasteiger partial charge in [0.05, 0.1) is 89.3 Å². The number of aromatic nitrogens is 3. The summed E-state index contributed by atoms with van der Waals surface area (Å²) in [7, 11) is 1.69. The van der Waals surface area contributed by atoms with Crippen molar-refractivity contribution in [2.24, 2.45) is 5.73 Å². The Morgan fingerprint density at radius 1 is 0.925 bits per heavy atom. The van der Waals surface area contributed by atoms with Gasteiger partial charge >= 0.3 is 18.0 Å². The maximum absolute atomic E-state index is 12.8. The van der Waals surface area contributed by atoms with Gasteiger partial charge in [-0.25, -0.2) is 9.78 Å². The third-order valence-corrected chi connectivity index (χ3v) is 12.1. The van der Waals surface area contributed by atoms with Crippen molar-refractivity contribution in [3.63, 3.8) is 0 Å². The highest BCUT2D eigenvalue weighted by molar-refractivity contribution is 8.00. The molecule has 3 amide bonds. The Hall–Kier alpha value is -5.63. The van der Waals surface area contributed by atoms with E-state index in [9.17, 15) is 19.2 Å². The topological polar surface area (TPSA) is 298 Å². The Labute approximate surface area is 394 Å². The molecule has 2 atom stereocenters. The van der Waals surface area contributed by atoms with E-state index >= 15 is 0 Å². The van der Waals surface area contributed by atoms with Gasteiger partial charge in [-0.15, -0.1) is 17.3 Å². The van der Waals surface area contributed by atoms with Crippen LogP contribution in [0.4, 0.5) is 16.6 Å². The molecule has 0 radical (unpaired) electrons. The molecule has 24 heteroatoms. The van der Waals surface area contributed by atoms with Crippen LogP contribution in [0.3, 0.4) is 0 Å². The number of rotatable bonds is 31. The minimum absolute atomic E-state index is 0.0991. The van der Waals surface area contributed by atoms with Crippen LogP contribution in [-0.4, -0.2) is 180 Å². The second kappa shape index (κ2) is 27.9. The van der Waals surface area contributed by atoms with Gasteiger partial charge in [-0.2, -0.15) is 4.98 Å². The lowest BCUT2D eigenvalue weighted by molar-refractivity contribution is -0.138. The number of ether oxygens (including phenoxy) is 4. The number of anilines is 2. The molecule has 1 saturated heterocycles. The molecule has 11 N–H and O–H groups in total. The van der Waals surface area contributed by atoms with Crippen molar-refractivity contribution in [1.82, 2.24) is 50.9 Å². The maximum Gasteiger partial charge on any atom is 0.321 e. The van der Waals surface area contributed by atoms with E-state index in [-0.39, 0.29) is 24.3 Å². The SMILES string of the molecule is CCCCCNc1nc(N)nc2ccn(Cc3ccc(CN4CCN(C(=O)NCCOCCOCCOCCN5C=C(CNC(=O)[C@H](CC(=O)O)SC[C@H](N)C(=O)O)NN5)CC4)cc3OC)c12. The fourth-order valence-corrected chi connectivity index (χ4v) is 8.23. The predicted molar refractivity (Wildman–Crippen MR) is 253 cm³/mol. The molecule has 2 aliphatic rings. The summed E-state index contributed by atoms with van der Waals surface area (Å²) in [6.45, 7) is 10.3. The van der Waals surface area contributed by atoms with E-state index in [1.165, 1.54) is 0 Å². The lowest BCUT2D eigenvalue weighted by Gasteiger charge is -2.34. The smallest absolute Gasteiger partial charge is 0.321 e. The molecule has 1 fully saturated rings. The molecule has 0 unspecified atom stereocenters. The molecule has 2 aliphatic heterocycles. The first-order chi connectivity index (χ1) is 32.4. The molecule has 5 rings (SSSR count). The van der Waals surface area contributed by atoms with Crippen LogP contribution in [0.2, 0.25) is 0 Å². The van der Waals surface area contributed by atoms with Crippen molar-refractivity contribution in [3.05, 3.63) is 53.5 Å². The number of benzene rings is 1. The summed E-state index contributed by atoms with van der Waals surface area (Å²) in [5.41, 5.74) is 21.9. The third kappa shape index (κ3) is 17.5. The number of carboxylic acid groups (broad SMARTS) is 2. The zero-order valence-corrected chi connectivity index (χ0v) is 39.2. The number of urea groups is 1. The van der Waals surface area contributed by atoms with Crippen LogP contribution in [0.1, 0.15) is 43.7 Å². The number of methoxy groups -OCH3 is 1. The molecule has 67 heavy (non-hydrogen) atoms. The van der Waals surface area contributed by atoms with Crippen molar-refractivity contribution in [2.75, 3.05) is 116 Å². The largest absolute Gasteiger partial charge is 0.496 e. The maximum atomic E-state index is 12.8. The number of unbranched alkanes of at least 4 members (excludes halogenated alkanes) is 2. The first-order valence-corrected chi connectivity index (χ1v) is 23.6. The molecule has 370 valence electrons. The van der Waals surface area contributed by atoms with Crippen LogP contribution < -0.4 is 43.1 Å². The lowest BCUT2D eigenvalue weighted by Crippen LogP contribution is -2.51. The van der Waals surface area contributed by atoms with E-state index in [2.05, 4.69) is 71.5 Å². The summed E-state index contributed by atoms with van der Waals surface area (Å²) < 4.78 is 24.8. The number of nitrogens with two attached hydrogens (primary N) is 2. The number of hydrogen-bond donors (Lipinski definition) is 9. The Morgan fingerprint density at radius 2 is 1.67 bits per heavy atom. The Kier molecular flexibility index (Phi) is 21.8. The number of thioether (sulfide) groups is 1. The number of carboxylic acids is 2. The van der Waals surface area contributed by atoms with Crippen molar-refractivity contribution in [1.29, 1.82) is 0 Å². The van der Waals surface area contributed by atoms with E-state index in [1.54, 1.807) is 18.3 Å². The normalized spacial score (nSPS) is 14.9. The van der Waals surface area contributed by atoms with Gasteiger partial charge in [0.2, 0.25) is 11.9 Å². The first-order valence-electron chi connectivity index (χ1n) is 22.5. The van der Waals surface area contributed by atoms with Gasteiger partial charge in [0.1, 0.15) is 17.3 Å². The number of nitrogen functional groups attached to an aromatic ring is 1. The Balaban J connectivity index is 0.883. The number of amides is 3. The fraction of sp³-hybridized carbons (Fsp3) is 0.581. The first kappa shape index (κ1) is 52.3. The third-order valence-electron chi connectivity index (χ3n) is 10.8. The van der Waals surface area contributed by atoms with Crippen molar-refractivity contribution in [2.45, 2.75) is 57.0 Å². The lowest BCUT2D eigenvalue weighted by atomic mass is 10.1. The van der Waals surface area contributed by atoms with E-state index in [4.69, 9.17) is 40.6 Å². The van der Waals surface area contributed by atoms with Gasteiger partial charge < -0.3 is 71.5 Å². The summed E-state index contributed by atoms with van der Waals surface area (Å²) in [5.74, 6) is -1.25. The summed E-state index contributed by atoms with van der Waals surface area (Å²) in [6, 6.07) is 6.98. The van der Waals surface area contributed by atoms with Crippen molar-refractivity contribution in [3.8, 4) is 5.75 Å². The predicted octanol–water partition coefficient (Wildman–Crippen LogP) is 0.820. The average Bonchev–Trinajstić information content (AvgIpc) is 3.95. The number of hydrogen-bond acceptors (Lipinski definition) is 18. The minimum Gasteiger partial charge on any atom is -0.496 e. The standard InChI is InChI=1S/C43H67N13O10S/c1-3-4-5-9-46-39-38-34(49-42(45)50-39)8-11-55(38)27-31-7-6-30(23-35(31)63-2)26-53-12-14-54(15-13-53)43(62)47-10-17-64-19-21-66-22-20-65-18-16-56-28-32(51-52-56)25-48-40(59)36(24-37(57)58)67-29-33(44)41(60)61/h6-8,11,23,28,33,36,51-52H,3-5,9-10,12-22,24-27,29,44H2,1-2H3,(H,47,62)(H,48,59)(H,57,58)(H,60,61)(H3,45,46,49,50)/t33-,36-/m0/s1. The highest BCUT2D eigenvalue weighted by atomic mass is 32.2. The van der Waals surface area contributed by atoms with E-state index in [0.29, 0.717) is 78.1 Å². The number of hydrazine groups is 2. The molecule has 0 bridgehead atoms. The quantitative estimate of drug-likeness (QED) is 0.0404. The summed E-state index contributed by atoms with van der Waals surface area (Å²) >= 11 is 0.889. The van der Waals surface area contributed by atoms with E-state index in [0.717, 1.165) is 90.9 Å². The summed E-state index contributed by atoms with van der Waals surface area (Å²) in [4.78, 5) is 60.7. The molecule has 4 heterocycles. The van der Waals surface area contributed by atoms with E-state index in [1.807, 2.05) is 17.2 Å². The molecule has 23 nitrogen and oxygen atoms in total. The van der Waals surface area contributed by atoms with Crippen LogP contribution in [0, 0.1) is 0 Å². The zero-order valence-electron chi connectivity index (χ0n) is 38.4. The molecule has 0 aliphatic carbocycles. The summed E-state index contributed by atoms with van der Waals surface area (Å²) in [6.07, 6.45) is 6.61. The van der Waals surface area contributed by atoms with Gasteiger partial charge in [-0.3, -0.25) is 24.3 Å². The average molecular weight is 958 g/mol. The fourth-order valence-electron chi connectivity index (χ4n) is 7.16. The second-order valence-corrected chi connectivity index (χ2v) is 17.1. The molecule has 0 saturated carbocycles. The van der Waals surface area contributed by atoms with Crippen LogP contribution in [-0.2, 0) is 41.7 Å². The van der Waals surface area contributed by atoms with Gasteiger partial charge in [-0.05, 0) is 24.1 Å². The molecular formula is C43H67N13O10S. The minimum atomic E-state index is -1.23. The molecule has 0 spiro atoms. The number of fused-ring (bicyclic) bond motifs is 1. The highest BCUT2D eigenvalue weighted by Gasteiger charge is 2.26. The number of aliphatic carboxylic acids is 2. The van der Waals surface area contributed by atoms with Crippen LogP contribution >= 0.6 is 11.8 Å². The highest BCUT2D eigenvalue weighted by Crippen LogP contribution is 2.28. The number of nitrogens with one attached hydrogen (secondary N) is 5. The second-order valence-electron chi connectivity index (χ2n) is 15.9. The molecular weight excluding hydrogens is 891 g/mol. The Bertz CT molecular complexity index is 2090. The Morgan fingerprint density at radius 3 is 2.39 bits per heavy atom. The van der Waals surface area contributed by atoms with Crippen LogP contribution in [0.5, 0.6) is 5.75 Å². The monoisotopic (exact) mass is 957 g/mol. The van der Waals surface area contributed by atoms with Crippen LogP contribution in [0.25, 0.3) is 11.0 Å². The van der Waals surface area contributed by atoms with Gasteiger partial charge in [0.15, 0.2) is 5.82 Å². The molecule has 2 aromatic heterocycles. The number of carbonyl (C=O) groups is 4. The van der Waals surface area contributed by atoms with Crippen LogP contribution in [0.15, 0.2) is 42.4 Å². The molecule has 1 aromatic carbocycles. The number of nitrogens with zero attached hydrogens (tertiary/aromatic N) is 6. The van der Waals surface area contributed by atoms with E-state index < -0.39 is 35.6 Å². The molecule has 3 aromatic rings. The number of piperazine rings is 1. The van der Waals surface area contributed by atoms with Crippen molar-refractivity contribution >= 4 is 58.4 Å². The zero-order chi connectivity index (χ0) is 48.0. The summed E-state index contributed by atoms with van der Waals surface area (Å²) in [5, 5.41) is 27.9. The number of carbonyl (C=O) groups excluding carboxylic acids is 2. The van der Waals surface area contributed by atoms with Gasteiger partial charge in [-0.1, -0.05) is 31.9 Å².